The SMILES string of the molecule is O=C(O)CCOCCOCCOCCOCCNC(=O)c1ccc(NC(=O)OC2CC/C=C\CCC2)cc1. The molecule has 0 aliphatic heterocycles. The number of anilines is 1. The summed E-state index contributed by atoms with van der Waals surface area (Å²) in [5.74, 6) is -1.12. The van der Waals surface area contributed by atoms with Gasteiger partial charge >= 0.3 is 12.1 Å². The first-order valence-electron chi connectivity index (χ1n) is 13.1. The van der Waals surface area contributed by atoms with Crippen LogP contribution >= 0.6 is 0 Å². The zero-order valence-corrected chi connectivity index (χ0v) is 21.9. The predicted octanol–water partition coefficient (Wildman–Crippen LogP) is 3.39. The lowest BCUT2D eigenvalue weighted by Gasteiger charge is -2.18. The van der Waals surface area contributed by atoms with E-state index >= 15 is 0 Å². The van der Waals surface area contributed by atoms with Gasteiger partial charge in [-0.15, -0.1) is 0 Å². The van der Waals surface area contributed by atoms with Crippen molar-refractivity contribution >= 4 is 23.7 Å². The van der Waals surface area contributed by atoms with Crippen molar-refractivity contribution in [3.63, 3.8) is 0 Å². The van der Waals surface area contributed by atoms with E-state index < -0.39 is 12.1 Å². The molecule has 0 radical (unpaired) electrons. The quantitative estimate of drug-likeness (QED) is 0.190. The van der Waals surface area contributed by atoms with Crippen molar-refractivity contribution in [2.45, 2.75) is 44.6 Å². The van der Waals surface area contributed by atoms with Crippen LogP contribution in [0.3, 0.4) is 0 Å². The van der Waals surface area contributed by atoms with Crippen LogP contribution in [0.25, 0.3) is 0 Å². The molecule has 0 spiro atoms. The Kier molecular flexibility index (Phi) is 16.5. The van der Waals surface area contributed by atoms with E-state index in [0.29, 0.717) is 64.0 Å². The first kappa shape index (κ1) is 31.2. The lowest BCUT2D eigenvalue weighted by atomic mass is 10.0. The van der Waals surface area contributed by atoms with Crippen molar-refractivity contribution < 1.29 is 43.2 Å². The average Bonchev–Trinajstić information content (AvgIpc) is 2.88. The van der Waals surface area contributed by atoms with Crippen LogP contribution in [0.15, 0.2) is 36.4 Å². The van der Waals surface area contributed by atoms with Gasteiger partial charge in [0.1, 0.15) is 6.10 Å². The normalized spacial score (nSPS) is 16.2. The molecule has 0 aromatic heterocycles. The van der Waals surface area contributed by atoms with Gasteiger partial charge < -0.3 is 34.1 Å². The van der Waals surface area contributed by atoms with Crippen LogP contribution in [0.2, 0.25) is 0 Å². The lowest BCUT2D eigenvalue weighted by molar-refractivity contribution is -0.138. The standard InChI is InChI=1S/C27H40N2O9/c30-25(31)12-14-34-16-18-36-20-21-37-19-17-35-15-13-28-26(32)22-8-10-23(11-9-22)29-27(33)38-24-6-4-2-1-3-5-7-24/h1-2,8-11,24H,3-7,12-21H2,(H,28,32)(H,29,33)(H,30,31)/b2-1-. The smallest absolute Gasteiger partial charge is 0.411 e. The molecule has 0 saturated heterocycles. The molecule has 2 rings (SSSR count). The topological polar surface area (TPSA) is 142 Å². The first-order valence-corrected chi connectivity index (χ1v) is 13.1. The molecule has 1 atom stereocenters. The van der Waals surface area contributed by atoms with E-state index in [4.69, 9.17) is 28.8 Å². The van der Waals surface area contributed by atoms with E-state index in [2.05, 4.69) is 22.8 Å². The number of amides is 2. The van der Waals surface area contributed by atoms with Gasteiger partial charge in [0.2, 0.25) is 0 Å². The highest BCUT2D eigenvalue weighted by molar-refractivity contribution is 5.95. The molecular formula is C27H40N2O9. The van der Waals surface area contributed by atoms with Gasteiger partial charge in [-0.3, -0.25) is 14.9 Å². The molecule has 3 N–H and O–H groups in total. The summed E-state index contributed by atoms with van der Waals surface area (Å²) >= 11 is 0. The predicted molar refractivity (Wildman–Crippen MR) is 140 cm³/mol. The molecule has 1 aliphatic carbocycles. The molecule has 11 heteroatoms. The van der Waals surface area contributed by atoms with Gasteiger partial charge in [-0.2, -0.15) is 0 Å². The third kappa shape index (κ3) is 15.3. The third-order valence-electron chi connectivity index (χ3n) is 5.49. The molecule has 1 aliphatic rings. The number of aliphatic carboxylic acids is 1. The minimum Gasteiger partial charge on any atom is -0.481 e. The molecule has 0 heterocycles. The van der Waals surface area contributed by atoms with Crippen LogP contribution in [0, 0.1) is 0 Å². The molecule has 0 fully saturated rings. The van der Waals surface area contributed by atoms with E-state index in [9.17, 15) is 14.4 Å². The number of carboxylic acids is 1. The van der Waals surface area contributed by atoms with Crippen molar-refractivity contribution in [2.75, 3.05) is 64.7 Å². The minimum atomic E-state index is -0.887. The van der Waals surface area contributed by atoms with Gasteiger partial charge in [-0.05, 0) is 56.4 Å². The number of allylic oxidation sites excluding steroid dienone is 2. The number of carbonyl (C=O) groups excluding carboxylic acids is 2. The monoisotopic (exact) mass is 536 g/mol. The maximum Gasteiger partial charge on any atom is 0.411 e. The molecule has 1 aromatic rings. The number of rotatable bonds is 18. The van der Waals surface area contributed by atoms with Crippen LogP contribution in [0.4, 0.5) is 10.5 Å². The molecule has 38 heavy (non-hydrogen) atoms. The average molecular weight is 537 g/mol. The molecule has 0 saturated carbocycles. The van der Waals surface area contributed by atoms with Crippen LogP contribution < -0.4 is 10.6 Å². The number of carbonyl (C=O) groups is 3. The van der Waals surface area contributed by atoms with Crippen molar-refractivity contribution in [3.8, 4) is 0 Å². The fourth-order valence-corrected chi connectivity index (χ4v) is 3.51. The number of carboxylic acid groups (broad SMARTS) is 1. The second kappa shape index (κ2) is 20.0. The van der Waals surface area contributed by atoms with Gasteiger partial charge in [0.05, 0.1) is 59.3 Å². The number of ether oxygens (including phenoxy) is 5. The van der Waals surface area contributed by atoms with Crippen LogP contribution in [0.5, 0.6) is 0 Å². The van der Waals surface area contributed by atoms with Gasteiger partial charge in [-0.25, -0.2) is 4.79 Å². The summed E-state index contributed by atoms with van der Waals surface area (Å²) in [4.78, 5) is 34.8. The van der Waals surface area contributed by atoms with Crippen LogP contribution in [-0.4, -0.2) is 88.6 Å². The van der Waals surface area contributed by atoms with Crippen molar-refractivity contribution in [1.29, 1.82) is 0 Å². The lowest BCUT2D eigenvalue weighted by Crippen LogP contribution is -2.27. The summed E-state index contributed by atoms with van der Waals surface area (Å²) in [6.07, 6.45) is 8.34. The summed E-state index contributed by atoms with van der Waals surface area (Å²) < 4.78 is 26.8. The van der Waals surface area contributed by atoms with Gasteiger partial charge in [0.25, 0.3) is 5.91 Å². The van der Waals surface area contributed by atoms with E-state index in [-0.39, 0.29) is 25.0 Å². The summed E-state index contributed by atoms with van der Waals surface area (Å²) in [5.41, 5.74) is 1.04. The van der Waals surface area contributed by atoms with Crippen LogP contribution in [0.1, 0.15) is 48.9 Å². The number of benzene rings is 1. The largest absolute Gasteiger partial charge is 0.481 e. The van der Waals surface area contributed by atoms with E-state index in [1.807, 2.05) is 0 Å². The highest BCUT2D eigenvalue weighted by atomic mass is 16.6. The van der Waals surface area contributed by atoms with Crippen molar-refractivity contribution in [2.24, 2.45) is 0 Å². The van der Waals surface area contributed by atoms with Gasteiger partial charge in [0.15, 0.2) is 0 Å². The molecule has 212 valence electrons. The molecule has 1 unspecified atom stereocenters. The van der Waals surface area contributed by atoms with Crippen LogP contribution in [-0.2, 0) is 28.5 Å². The molecule has 0 bridgehead atoms. The second-order valence-electron chi connectivity index (χ2n) is 8.56. The first-order chi connectivity index (χ1) is 18.5. The zero-order chi connectivity index (χ0) is 27.3. The highest BCUT2D eigenvalue weighted by Crippen LogP contribution is 2.17. The van der Waals surface area contributed by atoms with E-state index in [0.717, 1.165) is 32.1 Å². The Morgan fingerprint density at radius 1 is 0.789 bits per heavy atom. The maximum atomic E-state index is 12.3. The second-order valence-corrected chi connectivity index (χ2v) is 8.56. The highest BCUT2D eigenvalue weighted by Gasteiger charge is 2.15. The van der Waals surface area contributed by atoms with Crippen molar-refractivity contribution in [1.82, 2.24) is 5.32 Å². The minimum absolute atomic E-state index is 0.0179. The Labute approximate surface area is 223 Å². The fraction of sp³-hybridized carbons (Fsp3) is 0.593. The summed E-state index contributed by atoms with van der Waals surface area (Å²) in [6, 6.07) is 6.62. The third-order valence-corrected chi connectivity index (χ3v) is 5.49. The Morgan fingerprint density at radius 3 is 2.05 bits per heavy atom. The molecule has 11 nitrogen and oxygen atoms in total. The fourth-order valence-electron chi connectivity index (χ4n) is 3.51. The zero-order valence-electron chi connectivity index (χ0n) is 21.9. The van der Waals surface area contributed by atoms with E-state index in [1.54, 1.807) is 24.3 Å². The number of hydrogen-bond donors (Lipinski definition) is 3. The number of nitrogens with one attached hydrogen (secondary N) is 2. The number of hydrogen-bond acceptors (Lipinski definition) is 8. The summed E-state index contributed by atoms with van der Waals surface area (Å²) in [7, 11) is 0. The molecular weight excluding hydrogens is 496 g/mol. The van der Waals surface area contributed by atoms with Gasteiger partial charge in [0, 0.05) is 17.8 Å². The Hall–Kier alpha value is -2.99. The maximum absolute atomic E-state index is 12.3. The molecule has 1 aromatic carbocycles. The van der Waals surface area contributed by atoms with E-state index in [1.165, 1.54) is 0 Å². The van der Waals surface area contributed by atoms with Gasteiger partial charge in [-0.1, -0.05) is 12.2 Å². The Morgan fingerprint density at radius 2 is 1.39 bits per heavy atom. The Balaban J connectivity index is 1.45. The summed E-state index contributed by atoms with van der Waals surface area (Å²) in [6.45, 7) is 3.22. The molecule has 2 amide bonds. The Bertz CT molecular complexity index is 845. The van der Waals surface area contributed by atoms with Crippen molar-refractivity contribution in [3.05, 3.63) is 42.0 Å². The summed E-state index contributed by atoms with van der Waals surface area (Å²) in [5, 5.41) is 14.0.